The molecule has 5 heteroatoms. The molecule has 1 N–H and O–H groups in total. The first-order chi connectivity index (χ1) is 11.6. The first kappa shape index (κ1) is 16.3. The summed E-state index contributed by atoms with van der Waals surface area (Å²) in [7, 11) is 1.77. The number of rotatable bonds is 4. The number of carbonyl (C=O) groups is 1. The molecule has 2 amide bonds. The molecule has 126 valence electrons. The van der Waals surface area contributed by atoms with Crippen molar-refractivity contribution in [3.63, 3.8) is 0 Å². The molecule has 1 aromatic heterocycles. The van der Waals surface area contributed by atoms with Crippen LogP contribution >= 0.6 is 0 Å². The van der Waals surface area contributed by atoms with Crippen molar-refractivity contribution in [1.82, 2.24) is 9.88 Å². The van der Waals surface area contributed by atoms with Crippen molar-refractivity contribution in [2.45, 2.75) is 26.3 Å². The molecule has 0 atom stereocenters. The van der Waals surface area contributed by atoms with Crippen molar-refractivity contribution in [2.75, 3.05) is 30.4 Å². The van der Waals surface area contributed by atoms with Gasteiger partial charge in [-0.25, -0.2) is 4.79 Å². The molecule has 2 heterocycles. The number of pyridine rings is 1. The average molecular weight is 324 g/mol. The molecule has 24 heavy (non-hydrogen) atoms. The van der Waals surface area contributed by atoms with E-state index in [4.69, 9.17) is 0 Å². The predicted octanol–water partition coefficient (Wildman–Crippen LogP) is 3.65. The van der Waals surface area contributed by atoms with Gasteiger partial charge in [-0.2, -0.15) is 0 Å². The minimum absolute atomic E-state index is 0.131. The summed E-state index contributed by atoms with van der Waals surface area (Å²) in [6.45, 7) is 4.83. The Balaban J connectivity index is 1.62. The number of aryl methyl sites for hydroxylation is 1. The Hall–Kier alpha value is -2.56. The second kappa shape index (κ2) is 7.34. The van der Waals surface area contributed by atoms with E-state index in [1.165, 1.54) is 24.1 Å². The molecule has 0 aliphatic carbocycles. The van der Waals surface area contributed by atoms with E-state index >= 15 is 0 Å². The predicted molar refractivity (Wildman–Crippen MR) is 97.3 cm³/mol. The number of anilines is 2. The largest absolute Gasteiger partial charge is 0.371 e. The third-order valence-electron chi connectivity index (χ3n) is 4.37. The second-order valence-electron chi connectivity index (χ2n) is 6.30. The fraction of sp³-hybridized carbons (Fsp3) is 0.368. The van der Waals surface area contributed by atoms with E-state index in [9.17, 15) is 4.79 Å². The lowest BCUT2D eigenvalue weighted by Crippen LogP contribution is -2.31. The van der Waals surface area contributed by atoms with Crippen LogP contribution in [0.5, 0.6) is 0 Å². The van der Waals surface area contributed by atoms with Gasteiger partial charge in [0.05, 0.1) is 12.2 Å². The summed E-state index contributed by atoms with van der Waals surface area (Å²) in [5, 5.41) is 2.96. The highest BCUT2D eigenvalue weighted by Crippen LogP contribution is 2.26. The maximum Gasteiger partial charge on any atom is 0.321 e. The Morgan fingerprint density at radius 2 is 2.04 bits per heavy atom. The highest BCUT2D eigenvalue weighted by molar-refractivity contribution is 5.89. The monoisotopic (exact) mass is 324 g/mol. The molecule has 1 aliphatic heterocycles. The molecule has 5 nitrogen and oxygen atoms in total. The summed E-state index contributed by atoms with van der Waals surface area (Å²) in [5.41, 5.74) is 4.17. The van der Waals surface area contributed by atoms with Crippen molar-refractivity contribution in [1.29, 1.82) is 0 Å². The number of aromatic nitrogens is 1. The quantitative estimate of drug-likeness (QED) is 0.934. The maximum atomic E-state index is 12.3. The van der Waals surface area contributed by atoms with Gasteiger partial charge in [0.2, 0.25) is 0 Å². The number of nitrogens with zero attached hydrogens (tertiary/aromatic N) is 3. The topological polar surface area (TPSA) is 48.5 Å². The lowest BCUT2D eigenvalue weighted by atomic mass is 10.1. The van der Waals surface area contributed by atoms with Gasteiger partial charge in [-0.05, 0) is 55.7 Å². The lowest BCUT2D eigenvalue weighted by Gasteiger charge is -2.22. The Bertz CT molecular complexity index is 696. The van der Waals surface area contributed by atoms with E-state index in [1.54, 1.807) is 18.1 Å². The molecule has 0 saturated carbocycles. The molecular formula is C19H24N4O. The number of benzene rings is 1. The van der Waals surface area contributed by atoms with Crippen LogP contribution in [-0.2, 0) is 6.54 Å². The number of urea groups is 1. The molecule has 2 aromatic rings. The van der Waals surface area contributed by atoms with Crippen molar-refractivity contribution < 1.29 is 4.79 Å². The highest BCUT2D eigenvalue weighted by Gasteiger charge is 2.15. The number of hydrogen-bond acceptors (Lipinski definition) is 3. The lowest BCUT2D eigenvalue weighted by molar-refractivity contribution is 0.220. The summed E-state index contributed by atoms with van der Waals surface area (Å²) < 4.78 is 0. The number of amides is 2. The third-order valence-corrected chi connectivity index (χ3v) is 4.37. The SMILES string of the molecule is Cc1cc(NC(=O)N(C)Cc2ccccn2)ccc1N1CCCC1. The van der Waals surface area contributed by atoms with Crippen molar-refractivity contribution >= 4 is 17.4 Å². The van der Waals surface area contributed by atoms with Crippen LogP contribution in [0.4, 0.5) is 16.2 Å². The summed E-state index contributed by atoms with van der Waals surface area (Å²) >= 11 is 0. The van der Waals surface area contributed by atoms with Gasteiger partial charge >= 0.3 is 6.03 Å². The van der Waals surface area contributed by atoms with Gasteiger partial charge in [0, 0.05) is 37.7 Å². The minimum Gasteiger partial charge on any atom is -0.371 e. The molecule has 1 aliphatic rings. The van der Waals surface area contributed by atoms with Gasteiger partial charge in [-0.1, -0.05) is 6.07 Å². The molecule has 1 fully saturated rings. The number of hydrogen-bond donors (Lipinski definition) is 1. The molecule has 1 saturated heterocycles. The van der Waals surface area contributed by atoms with Gasteiger partial charge in [-0.15, -0.1) is 0 Å². The van der Waals surface area contributed by atoms with Gasteiger partial charge in [0.1, 0.15) is 0 Å². The highest BCUT2D eigenvalue weighted by atomic mass is 16.2. The normalized spacial score (nSPS) is 13.8. The van der Waals surface area contributed by atoms with Crippen LogP contribution in [0, 0.1) is 6.92 Å². The second-order valence-corrected chi connectivity index (χ2v) is 6.30. The Labute approximate surface area is 143 Å². The van der Waals surface area contributed by atoms with E-state index in [1.807, 2.05) is 30.3 Å². The summed E-state index contributed by atoms with van der Waals surface area (Å²) in [5.74, 6) is 0. The van der Waals surface area contributed by atoms with Crippen LogP contribution in [0.25, 0.3) is 0 Å². The van der Waals surface area contributed by atoms with Crippen LogP contribution in [0.3, 0.4) is 0 Å². The molecule has 0 spiro atoms. The zero-order valence-corrected chi connectivity index (χ0v) is 14.3. The Kier molecular flexibility index (Phi) is 4.99. The van der Waals surface area contributed by atoms with Crippen LogP contribution in [0.2, 0.25) is 0 Å². The first-order valence-electron chi connectivity index (χ1n) is 8.41. The number of carbonyl (C=O) groups excluding carboxylic acids is 1. The van der Waals surface area contributed by atoms with Gasteiger partial charge in [0.15, 0.2) is 0 Å². The molecule has 1 aromatic carbocycles. The zero-order chi connectivity index (χ0) is 16.9. The maximum absolute atomic E-state index is 12.3. The summed E-state index contributed by atoms with van der Waals surface area (Å²) in [6, 6.07) is 11.7. The summed E-state index contributed by atoms with van der Waals surface area (Å²) in [4.78, 5) is 20.6. The van der Waals surface area contributed by atoms with Crippen LogP contribution in [0.15, 0.2) is 42.6 Å². The van der Waals surface area contributed by atoms with E-state index in [0.29, 0.717) is 6.54 Å². The molecule has 0 radical (unpaired) electrons. The summed E-state index contributed by atoms with van der Waals surface area (Å²) in [6.07, 6.45) is 4.26. The zero-order valence-electron chi connectivity index (χ0n) is 14.3. The van der Waals surface area contributed by atoms with E-state index < -0.39 is 0 Å². The minimum atomic E-state index is -0.131. The average Bonchev–Trinajstić information content (AvgIpc) is 3.10. The fourth-order valence-electron chi connectivity index (χ4n) is 3.07. The van der Waals surface area contributed by atoms with Crippen LogP contribution in [0.1, 0.15) is 24.1 Å². The van der Waals surface area contributed by atoms with Gasteiger partial charge < -0.3 is 15.1 Å². The Morgan fingerprint density at radius 3 is 2.71 bits per heavy atom. The van der Waals surface area contributed by atoms with Crippen LogP contribution < -0.4 is 10.2 Å². The Morgan fingerprint density at radius 1 is 1.25 bits per heavy atom. The van der Waals surface area contributed by atoms with E-state index in [0.717, 1.165) is 24.5 Å². The van der Waals surface area contributed by atoms with Crippen LogP contribution in [-0.4, -0.2) is 36.1 Å². The standard InChI is InChI=1S/C19H24N4O/c1-15-13-16(8-9-18(15)23-11-5-6-12-23)21-19(24)22(2)14-17-7-3-4-10-20-17/h3-4,7-10,13H,5-6,11-12,14H2,1-2H3,(H,21,24). The smallest absolute Gasteiger partial charge is 0.321 e. The van der Waals surface area contributed by atoms with Crippen molar-refractivity contribution in [3.05, 3.63) is 53.9 Å². The fourth-order valence-corrected chi connectivity index (χ4v) is 3.07. The number of nitrogens with one attached hydrogen (secondary N) is 1. The molecular weight excluding hydrogens is 300 g/mol. The van der Waals surface area contributed by atoms with Crippen molar-refractivity contribution in [3.8, 4) is 0 Å². The van der Waals surface area contributed by atoms with Gasteiger partial charge in [0.25, 0.3) is 0 Å². The molecule has 3 rings (SSSR count). The van der Waals surface area contributed by atoms with E-state index in [-0.39, 0.29) is 6.03 Å². The van der Waals surface area contributed by atoms with Gasteiger partial charge in [-0.3, -0.25) is 4.98 Å². The third kappa shape index (κ3) is 3.85. The first-order valence-corrected chi connectivity index (χ1v) is 8.41. The van der Waals surface area contributed by atoms with Crippen molar-refractivity contribution in [2.24, 2.45) is 0 Å². The molecule has 0 unspecified atom stereocenters. The van der Waals surface area contributed by atoms with E-state index in [2.05, 4.69) is 28.2 Å². The molecule has 0 bridgehead atoms.